The van der Waals surface area contributed by atoms with Crippen LogP contribution in [0.25, 0.3) is 0 Å². The number of benzene rings is 2. The summed E-state index contributed by atoms with van der Waals surface area (Å²) in [5, 5.41) is 0. The van der Waals surface area contributed by atoms with Crippen LogP contribution < -0.4 is 0 Å². The predicted octanol–water partition coefficient (Wildman–Crippen LogP) is 4.07. The molecule has 2 atom stereocenters. The highest BCUT2D eigenvalue weighted by Gasteiger charge is 2.41. The zero-order valence-electron chi connectivity index (χ0n) is 16.4. The Kier molecular flexibility index (Phi) is 6.82. The van der Waals surface area contributed by atoms with E-state index in [1.165, 1.54) is 4.90 Å². The van der Waals surface area contributed by atoms with Crippen LogP contribution >= 0.6 is 0 Å². The minimum Gasteiger partial charge on any atom is -0.447 e. The van der Waals surface area contributed by atoms with E-state index in [9.17, 15) is 9.59 Å². The van der Waals surface area contributed by atoms with Crippen molar-refractivity contribution in [2.24, 2.45) is 11.8 Å². The molecule has 2 aromatic carbocycles. The van der Waals surface area contributed by atoms with Crippen LogP contribution in [0, 0.1) is 11.8 Å². The SMILES string of the molecule is CC(C)[C@H](COCc1ccccc1)C(=O)N1C(=O)OC[C@@H]1Cc1ccccc1. The van der Waals surface area contributed by atoms with Crippen LogP contribution in [0.1, 0.15) is 25.0 Å². The van der Waals surface area contributed by atoms with Gasteiger partial charge in [0.05, 0.1) is 25.2 Å². The number of ether oxygens (including phenoxy) is 2. The smallest absolute Gasteiger partial charge is 0.416 e. The highest BCUT2D eigenvalue weighted by Crippen LogP contribution is 2.23. The summed E-state index contributed by atoms with van der Waals surface area (Å²) in [7, 11) is 0. The molecule has 0 N–H and O–H groups in total. The first-order valence-corrected chi connectivity index (χ1v) is 9.71. The molecule has 1 aliphatic heterocycles. The number of amides is 2. The molecule has 2 aromatic rings. The van der Waals surface area contributed by atoms with Crippen molar-refractivity contribution < 1.29 is 19.1 Å². The van der Waals surface area contributed by atoms with Crippen molar-refractivity contribution in [2.75, 3.05) is 13.2 Å². The average Bonchev–Trinajstić information content (AvgIpc) is 3.06. The van der Waals surface area contributed by atoms with Crippen LogP contribution in [0.15, 0.2) is 60.7 Å². The summed E-state index contributed by atoms with van der Waals surface area (Å²) in [5.41, 5.74) is 2.13. The molecule has 0 aliphatic carbocycles. The second-order valence-electron chi connectivity index (χ2n) is 7.48. The van der Waals surface area contributed by atoms with E-state index in [1.807, 2.05) is 74.5 Å². The summed E-state index contributed by atoms with van der Waals surface area (Å²) < 4.78 is 11.0. The van der Waals surface area contributed by atoms with Crippen molar-refractivity contribution in [1.82, 2.24) is 4.90 Å². The van der Waals surface area contributed by atoms with Gasteiger partial charge >= 0.3 is 6.09 Å². The van der Waals surface area contributed by atoms with Crippen LogP contribution in [0.2, 0.25) is 0 Å². The number of hydrogen-bond acceptors (Lipinski definition) is 4. The summed E-state index contributed by atoms with van der Waals surface area (Å²) in [6.07, 6.45) is 0.0354. The molecule has 0 saturated carbocycles. The van der Waals surface area contributed by atoms with E-state index >= 15 is 0 Å². The number of carbonyl (C=O) groups is 2. The largest absolute Gasteiger partial charge is 0.447 e. The van der Waals surface area contributed by atoms with E-state index in [-0.39, 0.29) is 31.1 Å². The molecule has 1 saturated heterocycles. The molecule has 28 heavy (non-hydrogen) atoms. The standard InChI is InChI=1S/C23H27NO4/c1-17(2)21(16-27-14-19-11-7-4-8-12-19)22(25)24-20(15-28-23(24)26)13-18-9-5-3-6-10-18/h3-12,17,20-21H,13-16H2,1-2H3/t20-,21-/m0/s1. The van der Waals surface area contributed by atoms with E-state index in [0.717, 1.165) is 11.1 Å². The molecule has 3 rings (SSSR count). The van der Waals surface area contributed by atoms with Crippen molar-refractivity contribution in [3.05, 3.63) is 71.8 Å². The van der Waals surface area contributed by atoms with Crippen LogP contribution in [-0.2, 0) is 27.3 Å². The molecule has 0 bridgehead atoms. The third kappa shape index (κ3) is 4.98. The van der Waals surface area contributed by atoms with Gasteiger partial charge in [0, 0.05) is 0 Å². The Morgan fingerprint density at radius 1 is 1.07 bits per heavy atom. The molecule has 0 radical (unpaired) electrons. The molecule has 1 fully saturated rings. The maximum absolute atomic E-state index is 13.2. The van der Waals surface area contributed by atoms with Crippen molar-refractivity contribution in [3.63, 3.8) is 0 Å². The fourth-order valence-electron chi connectivity index (χ4n) is 3.37. The van der Waals surface area contributed by atoms with Gasteiger partial charge in [0.1, 0.15) is 6.61 Å². The van der Waals surface area contributed by atoms with Crippen molar-refractivity contribution >= 4 is 12.0 Å². The molecule has 1 heterocycles. The predicted molar refractivity (Wildman–Crippen MR) is 107 cm³/mol. The van der Waals surface area contributed by atoms with Gasteiger partial charge in [-0.15, -0.1) is 0 Å². The summed E-state index contributed by atoms with van der Waals surface area (Å²) >= 11 is 0. The molecule has 2 amide bonds. The molecule has 0 unspecified atom stereocenters. The highest BCUT2D eigenvalue weighted by atomic mass is 16.6. The lowest BCUT2D eigenvalue weighted by atomic mass is 9.94. The number of rotatable bonds is 8. The Morgan fingerprint density at radius 2 is 1.68 bits per heavy atom. The fourth-order valence-corrected chi connectivity index (χ4v) is 3.37. The minimum atomic E-state index is -0.556. The molecular weight excluding hydrogens is 354 g/mol. The molecule has 148 valence electrons. The van der Waals surface area contributed by atoms with Crippen molar-refractivity contribution in [3.8, 4) is 0 Å². The second-order valence-corrected chi connectivity index (χ2v) is 7.48. The second kappa shape index (κ2) is 9.51. The Bertz CT molecular complexity index is 776. The third-order valence-electron chi connectivity index (χ3n) is 5.04. The van der Waals surface area contributed by atoms with Crippen molar-refractivity contribution in [1.29, 1.82) is 0 Å². The van der Waals surface area contributed by atoms with E-state index < -0.39 is 12.0 Å². The normalized spacial score (nSPS) is 17.6. The summed E-state index contributed by atoms with van der Waals surface area (Å²) in [6, 6.07) is 19.4. The molecule has 0 aromatic heterocycles. The van der Waals surface area contributed by atoms with Crippen LogP contribution in [0.4, 0.5) is 4.79 Å². The van der Waals surface area contributed by atoms with Crippen LogP contribution in [0.3, 0.4) is 0 Å². The molecule has 5 heteroatoms. The number of cyclic esters (lactones) is 1. The Hall–Kier alpha value is -2.66. The Labute approximate surface area is 166 Å². The Morgan fingerprint density at radius 3 is 2.29 bits per heavy atom. The van der Waals surface area contributed by atoms with E-state index in [0.29, 0.717) is 13.0 Å². The van der Waals surface area contributed by atoms with Gasteiger partial charge in [-0.05, 0) is 23.5 Å². The quantitative estimate of drug-likeness (QED) is 0.692. The van der Waals surface area contributed by atoms with Gasteiger partial charge in [0.2, 0.25) is 5.91 Å². The van der Waals surface area contributed by atoms with Gasteiger partial charge in [-0.25, -0.2) is 9.69 Å². The third-order valence-corrected chi connectivity index (χ3v) is 5.04. The topological polar surface area (TPSA) is 55.8 Å². The van der Waals surface area contributed by atoms with E-state index in [1.54, 1.807) is 0 Å². The first kappa shape index (κ1) is 20.1. The molecular formula is C23H27NO4. The highest BCUT2D eigenvalue weighted by molar-refractivity contribution is 5.95. The zero-order chi connectivity index (χ0) is 19.9. The lowest BCUT2D eigenvalue weighted by Gasteiger charge is -2.27. The number of nitrogens with zero attached hydrogens (tertiary/aromatic N) is 1. The van der Waals surface area contributed by atoms with Gasteiger partial charge in [0.25, 0.3) is 0 Å². The number of hydrogen-bond donors (Lipinski definition) is 0. The van der Waals surface area contributed by atoms with Gasteiger partial charge in [-0.2, -0.15) is 0 Å². The van der Waals surface area contributed by atoms with Gasteiger partial charge in [0.15, 0.2) is 0 Å². The van der Waals surface area contributed by atoms with Crippen LogP contribution in [-0.4, -0.2) is 36.2 Å². The first-order chi connectivity index (χ1) is 13.6. The van der Waals surface area contributed by atoms with E-state index in [2.05, 4.69) is 0 Å². The average molecular weight is 381 g/mol. The molecule has 0 spiro atoms. The summed E-state index contributed by atoms with van der Waals surface area (Å²) in [5.74, 6) is -0.562. The fraction of sp³-hybridized carbons (Fsp3) is 0.391. The summed E-state index contributed by atoms with van der Waals surface area (Å²) in [6.45, 7) is 4.89. The zero-order valence-corrected chi connectivity index (χ0v) is 16.4. The first-order valence-electron chi connectivity index (χ1n) is 9.71. The lowest BCUT2D eigenvalue weighted by molar-refractivity contribution is -0.137. The number of carbonyl (C=O) groups excluding carboxylic acids is 2. The van der Waals surface area contributed by atoms with Gasteiger partial charge in [-0.3, -0.25) is 4.79 Å². The van der Waals surface area contributed by atoms with E-state index in [4.69, 9.17) is 9.47 Å². The minimum absolute atomic E-state index is 0.0500. The maximum atomic E-state index is 13.2. The monoisotopic (exact) mass is 381 g/mol. The van der Waals surface area contributed by atoms with Gasteiger partial charge in [-0.1, -0.05) is 74.5 Å². The lowest BCUT2D eigenvalue weighted by Crippen LogP contribution is -2.46. The van der Waals surface area contributed by atoms with Crippen molar-refractivity contribution in [2.45, 2.75) is 32.9 Å². The summed E-state index contributed by atoms with van der Waals surface area (Å²) in [4.78, 5) is 26.8. The molecule has 5 nitrogen and oxygen atoms in total. The van der Waals surface area contributed by atoms with Gasteiger partial charge < -0.3 is 9.47 Å². The number of imide groups is 1. The molecule has 1 aliphatic rings. The Balaban J connectivity index is 1.65. The van der Waals surface area contributed by atoms with Crippen LogP contribution in [0.5, 0.6) is 0 Å². The maximum Gasteiger partial charge on any atom is 0.416 e.